The SMILES string of the molecule is C[C@@H]1CCCC[C@@]12NC(=O)N(C[NH+]1CCN(c3cc[nH+]cc3)CC1)C2=O. The lowest BCUT2D eigenvalue weighted by atomic mass is 9.73. The highest BCUT2D eigenvalue weighted by Crippen LogP contribution is 2.37. The number of aromatic amines is 1. The third-order valence-electron chi connectivity index (χ3n) is 6.42. The quantitative estimate of drug-likeness (QED) is 0.726. The van der Waals surface area contributed by atoms with Crippen LogP contribution < -0.4 is 20.1 Å². The van der Waals surface area contributed by atoms with Crippen molar-refractivity contribution in [1.82, 2.24) is 10.2 Å². The van der Waals surface area contributed by atoms with E-state index < -0.39 is 5.54 Å². The third-order valence-corrected chi connectivity index (χ3v) is 6.42. The zero-order chi connectivity index (χ0) is 18.1. The highest BCUT2D eigenvalue weighted by Gasteiger charge is 2.55. The van der Waals surface area contributed by atoms with Crippen molar-refractivity contribution in [2.45, 2.75) is 38.1 Å². The molecule has 140 valence electrons. The van der Waals surface area contributed by atoms with E-state index in [4.69, 9.17) is 0 Å². The Bertz CT molecular complexity index is 674. The first-order chi connectivity index (χ1) is 12.6. The van der Waals surface area contributed by atoms with E-state index in [0.717, 1.165) is 51.9 Å². The van der Waals surface area contributed by atoms with E-state index >= 15 is 0 Å². The van der Waals surface area contributed by atoms with Crippen LogP contribution in [-0.2, 0) is 4.79 Å². The molecule has 0 radical (unpaired) electrons. The van der Waals surface area contributed by atoms with Crippen molar-refractivity contribution in [2.24, 2.45) is 5.92 Å². The molecule has 2 saturated heterocycles. The zero-order valence-electron chi connectivity index (χ0n) is 15.5. The summed E-state index contributed by atoms with van der Waals surface area (Å²) in [6.07, 6.45) is 7.84. The summed E-state index contributed by atoms with van der Waals surface area (Å²) in [6.45, 7) is 6.31. The van der Waals surface area contributed by atoms with E-state index in [1.165, 1.54) is 15.5 Å². The molecular weight excluding hydrogens is 330 g/mol. The van der Waals surface area contributed by atoms with Gasteiger partial charge in [0.15, 0.2) is 19.1 Å². The lowest BCUT2D eigenvalue weighted by Crippen LogP contribution is -3.16. The number of pyridine rings is 1. The molecule has 1 aromatic rings. The number of anilines is 1. The van der Waals surface area contributed by atoms with E-state index in [1.807, 2.05) is 12.4 Å². The first-order valence-corrected chi connectivity index (χ1v) is 9.79. The van der Waals surface area contributed by atoms with Crippen LogP contribution >= 0.6 is 0 Å². The number of aromatic nitrogens is 1. The van der Waals surface area contributed by atoms with Gasteiger partial charge in [0.05, 0.1) is 26.2 Å². The number of amides is 3. The highest BCUT2D eigenvalue weighted by molar-refractivity contribution is 6.07. The fraction of sp³-hybridized carbons (Fsp3) is 0.632. The summed E-state index contributed by atoms with van der Waals surface area (Å²) in [5.74, 6) is 0.225. The van der Waals surface area contributed by atoms with Crippen LogP contribution in [0.15, 0.2) is 24.5 Å². The van der Waals surface area contributed by atoms with Crippen LogP contribution in [0.3, 0.4) is 0 Å². The predicted octanol–water partition coefficient (Wildman–Crippen LogP) is -0.336. The summed E-state index contributed by atoms with van der Waals surface area (Å²) < 4.78 is 0. The zero-order valence-corrected chi connectivity index (χ0v) is 15.5. The Labute approximate surface area is 154 Å². The number of nitrogens with one attached hydrogen (secondary N) is 3. The van der Waals surface area contributed by atoms with Gasteiger partial charge in [0.1, 0.15) is 5.54 Å². The fourth-order valence-electron chi connectivity index (χ4n) is 4.69. The van der Waals surface area contributed by atoms with Gasteiger partial charge in [0, 0.05) is 17.8 Å². The van der Waals surface area contributed by atoms with Crippen LogP contribution in [0.2, 0.25) is 0 Å². The summed E-state index contributed by atoms with van der Waals surface area (Å²) >= 11 is 0. The Kier molecular flexibility index (Phi) is 4.56. The molecule has 3 amide bonds. The number of H-pyrrole nitrogens is 1. The average Bonchev–Trinajstić information content (AvgIpc) is 2.90. The van der Waals surface area contributed by atoms with Crippen LogP contribution in [-0.4, -0.2) is 55.2 Å². The van der Waals surface area contributed by atoms with Crippen LogP contribution in [0.5, 0.6) is 0 Å². The Balaban J connectivity index is 1.38. The molecule has 3 aliphatic rings. The molecule has 3 fully saturated rings. The minimum atomic E-state index is -0.642. The number of carbonyl (C=O) groups is 2. The van der Waals surface area contributed by atoms with Crippen molar-refractivity contribution < 1.29 is 19.5 Å². The lowest BCUT2D eigenvalue weighted by molar-refractivity contribution is -0.907. The second-order valence-corrected chi connectivity index (χ2v) is 7.93. The minimum absolute atomic E-state index is 0.00299. The number of nitrogens with zero attached hydrogens (tertiary/aromatic N) is 2. The molecule has 7 nitrogen and oxygen atoms in total. The molecule has 1 saturated carbocycles. The maximum absolute atomic E-state index is 13.1. The van der Waals surface area contributed by atoms with E-state index in [-0.39, 0.29) is 17.9 Å². The maximum atomic E-state index is 13.1. The van der Waals surface area contributed by atoms with Crippen LogP contribution in [0, 0.1) is 5.92 Å². The van der Waals surface area contributed by atoms with Gasteiger partial charge < -0.3 is 15.1 Å². The number of piperazine rings is 1. The van der Waals surface area contributed by atoms with Crippen molar-refractivity contribution in [2.75, 3.05) is 37.7 Å². The number of rotatable bonds is 3. The van der Waals surface area contributed by atoms with Crippen molar-refractivity contribution in [3.63, 3.8) is 0 Å². The molecule has 1 aromatic heterocycles. The molecule has 0 aromatic carbocycles. The van der Waals surface area contributed by atoms with E-state index in [9.17, 15) is 9.59 Å². The third kappa shape index (κ3) is 2.94. The molecule has 26 heavy (non-hydrogen) atoms. The molecule has 2 atom stereocenters. The molecule has 1 spiro atoms. The molecular formula is C19H29N5O2+2. The van der Waals surface area contributed by atoms with Crippen molar-refractivity contribution in [3.8, 4) is 0 Å². The number of carbonyl (C=O) groups excluding carboxylic acids is 2. The van der Waals surface area contributed by atoms with Gasteiger partial charge >= 0.3 is 6.03 Å². The van der Waals surface area contributed by atoms with Gasteiger partial charge in [-0.25, -0.2) is 14.7 Å². The van der Waals surface area contributed by atoms with Gasteiger partial charge in [0.2, 0.25) is 0 Å². The van der Waals surface area contributed by atoms with E-state index in [1.54, 1.807) is 0 Å². The Hall–Kier alpha value is -2.15. The van der Waals surface area contributed by atoms with Crippen molar-refractivity contribution in [1.29, 1.82) is 0 Å². The molecule has 0 bridgehead atoms. The van der Waals surface area contributed by atoms with Crippen LogP contribution in [0.25, 0.3) is 0 Å². The Morgan fingerprint density at radius 2 is 1.96 bits per heavy atom. The molecule has 3 N–H and O–H groups in total. The molecule has 0 unspecified atom stereocenters. The Morgan fingerprint density at radius 1 is 1.23 bits per heavy atom. The summed E-state index contributed by atoms with van der Waals surface area (Å²) in [5.41, 5.74) is 0.574. The number of imide groups is 1. The summed E-state index contributed by atoms with van der Waals surface area (Å²) in [5, 5.41) is 3.05. The molecule has 4 rings (SSSR count). The topological polar surface area (TPSA) is 71.2 Å². The van der Waals surface area contributed by atoms with Crippen molar-refractivity contribution in [3.05, 3.63) is 24.5 Å². The summed E-state index contributed by atoms with van der Waals surface area (Å²) in [6, 6.07) is 3.96. The molecule has 2 aliphatic heterocycles. The molecule has 7 heteroatoms. The van der Waals surface area contributed by atoms with Gasteiger partial charge in [-0.2, -0.15) is 0 Å². The second kappa shape index (κ2) is 6.87. The van der Waals surface area contributed by atoms with Gasteiger partial charge in [-0.1, -0.05) is 19.8 Å². The van der Waals surface area contributed by atoms with Gasteiger partial charge in [-0.3, -0.25) is 4.79 Å². The Morgan fingerprint density at radius 3 is 2.65 bits per heavy atom. The minimum Gasteiger partial charge on any atom is -0.360 e. The number of urea groups is 1. The van der Waals surface area contributed by atoms with Gasteiger partial charge in [-0.05, 0) is 18.8 Å². The largest absolute Gasteiger partial charge is 0.360 e. The standard InChI is InChI=1S/C19H27N5O2/c1-15-4-2-3-7-19(15)17(25)24(18(26)21-19)14-22-10-12-23(13-11-22)16-5-8-20-9-6-16/h5-6,8-9,15H,2-4,7,10-14H2,1H3,(H,21,26)/p+2/t15-,19-/m1/s1. The number of hydrogen-bond donors (Lipinski definition) is 2. The average molecular weight is 359 g/mol. The lowest BCUT2D eigenvalue weighted by Gasteiger charge is -2.37. The monoisotopic (exact) mass is 359 g/mol. The summed E-state index contributed by atoms with van der Waals surface area (Å²) in [7, 11) is 0. The smallest absolute Gasteiger partial charge is 0.329 e. The van der Waals surface area contributed by atoms with E-state index in [2.05, 4.69) is 34.3 Å². The normalized spacial score (nSPS) is 30.1. The van der Waals surface area contributed by atoms with Crippen LogP contribution in [0.4, 0.5) is 10.5 Å². The second-order valence-electron chi connectivity index (χ2n) is 7.93. The van der Waals surface area contributed by atoms with E-state index in [0.29, 0.717) is 6.67 Å². The highest BCUT2D eigenvalue weighted by atomic mass is 16.2. The fourth-order valence-corrected chi connectivity index (χ4v) is 4.69. The summed E-state index contributed by atoms with van der Waals surface area (Å²) in [4.78, 5) is 33.8. The first-order valence-electron chi connectivity index (χ1n) is 9.79. The van der Waals surface area contributed by atoms with Gasteiger partial charge in [-0.15, -0.1) is 0 Å². The molecule has 3 heterocycles. The number of quaternary nitrogens is 1. The maximum Gasteiger partial charge on any atom is 0.329 e. The van der Waals surface area contributed by atoms with Crippen LogP contribution in [0.1, 0.15) is 32.6 Å². The van der Waals surface area contributed by atoms with Gasteiger partial charge in [0.25, 0.3) is 5.91 Å². The first kappa shape index (κ1) is 17.3. The van der Waals surface area contributed by atoms with Crippen molar-refractivity contribution >= 4 is 17.6 Å². The predicted molar refractivity (Wildman–Crippen MR) is 96.5 cm³/mol. The molecule has 1 aliphatic carbocycles. The number of hydrogen-bond acceptors (Lipinski definition) is 3.